The summed E-state index contributed by atoms with van der Waals surface area (Å²) in [6.07, 6.45) is 2.31. The summed E-state index contributed by atoms with van der Waals surface area (Å²) in [7, 11) is 5.48. The number of likely N-dealkylation sites (N-methyl/N-ethyl adjacent to an activating group) is 1. The van der Waals surface area contributed by atoms with Crippen molar-refractivity contribution in [3.8, 4) is 11.5 Å². The monoisotopic (exact) mass is 377 g/mol. The van der Waals surface area contributed by atoms with E-state index in [1.54, 1.807) is 14.2 Å². The van der Waals surface area contributed by atoms with Crippen molar-refractivity contribution in [3.63, 3.8) is 0 Å². The molecule has 1 heterocycles. The number of methoxy groups -OCH3 is 2. The number of guanidine groups is 1. The Balaban J connectivity index is 1.86. The molecule has 1 aliphatic rings. The van der Waals surface area contributed by atoms with Crippen LogP contribution in [0.1, 0.15) is 19.8 Å². The van der Waals surface area contributed by atoms with Crippen molar-refractivity contribution in [2.24, 2.45) is 4.99 Å². The zero-order valence-electron chi connectivity index (χ0n) is 17.3. The van der Waals surface area contributed by atoms with E-state index in [0.717, 1.165) is 50.8 Å². The Kier molecular flexibility index (Phi) is 9.21. The Morgan fingerprint density at radius 2 is 1.93 bits per heavy atom. The Morgan fingerprint density at radius 1 is 1.11 bits per heavy atom. The normalized spacial score (nSPS) is 16.7. The first kappa shape index (κ1) is 21.3. The Bertz CT molecular complexity index is 594. The fourth-order valence-corrected chi connectivity index (χ4v) is 3.17. The van der Waals surface area contributed by atoms with Gasteiger partial charge in [0.15, 0.2) is 17.5 Å². The van der Waals surface area contributed by atoms with Gasteiger partial charge in [-0.1, -0.05) is 0 Å². The minimum absolute atomic E-state index is 0.699. The average molecular weight is 378 g/mol. The van der Waals surface area contributed by atoms with Crippen molar-refractivity contribution in [1.29, 1.82) is 0 Å². The highest BCUT2D eigenvalue weighted by atomic mass is 16.5. The van der Waals surface area contributed by atoms with E-state index < -0.39 is 0 Å². The number of hydrogen-bond acceptors (Lipinski definition) is 5. The molecular weight excluding hydrogens is 342 g/mol. The molecule has 152 valence electrons. The quantitative estimate of drug-likeness (QED) is 0.411. The molecule has 0 aromatic heterocycles. The van der Waals surface area contributed by atoms with Crippen LogP contribution in [0.5, 0.6) is 11.5 Å². The molecule has 7 heteroatoms. The third-order valence-corrected chi connectivity index (χ3v) is 4.70. The summed E-state index contributed by atoms with van der Waals surface area (Å²) in [6.45, 7) is 9.50. The van der Waals surface area contributed by atoms with E-state index in [1.165, 1.54) is 19.5 Å². The molecule has 2 N–H and O–H groups in total. The number of nitrogens with one attached hydrogen (secondary N) is 2. The number of rotatable bonds is 8. The number of anilines is 1. The van der Waals surface area contributed by atoms with E-state index in [0.29, 0.717) is 11.5 Å². The summed E-state index contributed by atoms with van der Waals surface area (Å²) >= 11 is 0. The molecule has 1 saturated heterocycles. The molecule has 2 rings (SSSR count). The Hall–Kier alpha value is -1.99. The van der Waals surface area contributed by atoms with Gasteiger partial charge in [0.1, 0.15) is 0 Å². The fraction of sp³-hybridized carbons (Fsp3) is 0.650. The minimum atomic E-state index is 0.699. The van der Waals surface area contributed by atoms with E-state index in [1.807, 2.05) is 18.2 Å². The van der Waals surface area contributed by atoms with E-state index in [4.69, 9.17) is 14.5 Å². The fourth-order valence-electron chi connectivity index (χ4n) is 3.17. The van der Waals surface area contributed by atoms with E-state index in [2.05, 4.69) is 34.4 Å². The first-order chi connectivity index (χ1) is 13.2. The van der Waals surface area contributed by atoms with Gasteiger partial charge >= 0.3 is 0 Å². The summed E-state index contributed by atoms with van der Waals surface area (Å²) in [5.74, 6) is 2.21. The molecule has 1 aliphatic heterocycles. The van der Waals surface area contributed by atoms with E-state index in [9.17, 15) is 0 Å². The van der Waals surface area contributed by atoms with Crippen molar-refractivity contribution in [3.05, 3.63) is 18.2 Å². The first-order valence-corrected chi connectivity index (χ1v) is 9.84. The van der Waals surface area contributed by atoms with Crippen LogP contribution in [0.4, 0.5) is 5.69 Å². The summed E-state index contributed by atoms with van der Waals surface area (Å²) in [6, 6.07) is 5.77. The van der Waals surface area contributed by atoms with Crippen LogP contribution < -0.4 is 20.1 Å². The molecule has 1 aromatic rings. The highest BCUT2D eigenvalue weighted by Gasteiger charge is 2.11. The molecule has 0 saturated carbocycles. The smallest absolute Gasteiger partial charge is 0.195 e. The Labute approximate surface area is 163 Å². The molecule has 0 atom stereocenters. The van der Waals surface area contributed by atoms with Crippen molar-refractivity contribution >= 4 is 11.6 Å². The number of hydrogen-bond donors (Lipinski definition) is 2. The van der Waals surface area contributed by atoms with Crippen LogP contribution in [-0.2, 0) is 0 Å². The number of aliphatic imine (C=N–C) groups is 1. The lowest BCUT2D eigenvalue weighted by molar-refractivity contribution is 0.275. The molecule has 7 nitrogen and oxygen atoms in total. The second-order valence-electron chi connectivity index (χ2n) is 6.81. The van der Waals surface area contributed by atoms with Gasteiger partial charge in [-0.2, -0.15) is 0 Å². The largest absolute Gasteiger partial charge is 0.493 e. The standard InChI is InChI=1S/C20H35N5O2/c1-5-21-20(23-17-8-9-18(26-3)19(16-17)27-4)22-10-6-12-25-13-7-11-24(2)14-15-25/h8-9,16H,5-7,10-15H2,1-4H3,(H2,21,22,23). The molecule has 0 spiro atoms. The van der Waals surface area contributed by atoms with Crippen LogP contribution in [0.2, 0.25) is 0 Å². The summed E-state index contributed by atoms with van der Waals surface area (Å²) < 4.78 is 10.7. The van der Waals surface area contributed by atoms with E-state index in [-0.39, 0.29) is 0 Å². The van der Waals surface area contributed by atoms with Gasteiger partial charge < -0.3 is 29.9 Å². The topological polar surface area (TPSA) is 61.4 Å². The summed E-state index contributed by atoms with van der Waals surface area (Å²) in [5.41, 5.74) is 0.919. The maximum absolute atomic E-state index is 5.37. The van der Waals surface area contributed by atoms with Crippen molar-refractivity contribution in [2.45, 2.75) is 19.8 Å². The zero-order chi connectivity index (χ0) is 19.5. The van der Waals surface area contributed by atoms with Gasteiger partial charge in [-0.3, -0.25) is 4.99 Å². The number of nitrogens with zero attached hydrogens (tertiary/aromatic N) is 3. The van der Waals surface area contributed by atoms with Gasteiger partial charge in [0.05, 0.1) is 14.2 Å². The predicted molar refractivity (Wildman–Crippen MR) is 112 cm³/mol. The molecule has 27 heavy (non-hydrogen) atoms. The van der Waals surface area contributed by atoms with Crippen LogP contribution in [0.3, 0.4) is 0 Å². The zero-order valence-corrected chi connectivity index (χ0v) is 17.3. The molecule has 0 bridgehead atoms. The first-order valence-electron chi connectivity index (χ1n) is 9.84. The molecule has 0 radical (unpaired) electrons. The third-order valence-electron chi connectivity index (χ3n) is 4.70. The second-order valence-corrected chi connectivity index (χ2v) is 6.81. The van der Waals surface area contributed by atoms with Gasteiger partial charge in [-0.15, -0.1) is 0 Å². The number of ether oxygens (including phenoxy) is 2. The predicted octanol–water partition coefficient (Wildman–Crippen LogP) is 2.11. The van der Waals surface area contributed by atoms with Gasteiger partial charge in [0, 0.05) is 37.9 Å². The number of benzene rings is 1. The Morgan fingerprint density at radius 3 is 2.67 bits per heavy atom. The maximum Gasteiger partial charge on any atom is 0.195 e. The summed E-state index contributed by atoms with van der Waals surface area (Å²) in [5, 5.41) is 6.64. The lowest BCUT2D eigenvalue weighted by Gasteiger charge is -2.19. The molecule has 0 unspecified atom stereocenters. The van der Waals surface area contributed by atoms with Crippen molar-refractivity contribution < 1.29 is 9.47 Å². The van der Waals surface area contributed by atoms with Crippen molar-refractivity contribution in [2.75, 3.05) is 72.4 Å². The average Bonchev–Trinajstić information content (AvgIpc) is 2.89. The van der Waals surface area contributed by atoms with Gasteiger partial charge in [0.2, 0.25) is 0 Å². The van der Waals surface area contributed by atoms with Crippen LogP contribution in [0.25, 0.3) is 0 Å². The third kappa shape index (κ3) is 7.27. The molecule has 0 amide bonds. The maximum atomic E-state index is 5.37. The van der Waals surface area contributed by atoms with Crippen molar-refractivity contribution in [1.82, 2.24) is 15.1 Å². The highest BCUT2D eigenvalue weighted by Crippen LogP contribution is 2.29. The van der Waals surface area contributed by atoms with Crippen LogP contribution >= 0.6 is 0 Å². The molecule has 1 fully saturated rings. The van der Waals surface area contributed by atoms with Crippen LogP contribution in [0.15, 0.2) is 23.2 Å². The SMILES string of the molecule is CCNC(=NCCCN1CCCN(C)CC1)Nc1ccc(OC)c(OC)c1. The summed E-state index contributed by atoms with van der Waals surface area (Å²) in [4.78, 5) is 9.68. The van der Waals surface area contributed by atoms with Crippen LogP contribution in [-0.4, -0.2) is 82.8 Å². The minimum Gasteiger partial charge on any atom is -0.493 e. The van der Waals surface area contributed by atoms with Gasteiger partial charge in [-0.25, -0.2) is 0 Å². The lowest BCUT2D eigenvalue weighted by atomic mass is 10.2. The van der Waals surface area contributed by atoms with E-state index >= 15 is 0 Å². The molecular formula is C20H35N5O2. The van der Waals surface area contributed by atoms with Gasteiger partial charge in [-0.05, 0) is 58.6 Å². The van der Waals surface area contributed by atoms with Crippen LogP contribution in [0, 0.1) is 0 Å². The second kappa shape index (κ2) is 11.7. The highest BCUT2D eigenvalue weighted by molar-refractivity contribution is 5.93. The lowest BCUT2D eigenvalue weighted by Crippen LogP contribution is -2.32. The molecule has 1 aromatic carbocycles. The van der Waals surface area contributed by atoms with Gasteiger partial charge in [0.25, 0.3) is 0 Å². The molecule has 0 aliphatic carbocycles.